The lowest BCUT2D eigenvalue weighted by molar-refractivity contribution is -0.171. The Morgan fingerprint density at radius 2 is 1.89 bits per heavy atom. The van der Waals surface area contributed by atoms with Crippen molar-refractivity contribution in [1.82, 2.24) is 19.5 Å². The van der Waals surface area contributed by atoms with Gasteiger partial charge in [0, 0.05) is 23.5 Å². The molecule has 2 aromatic carbocycles. The number of nitrogens with two attached hydrogens (primary N) is 1. The van der Waals surface area contributed by atoms with Gasteiger partial charge < -0.3 is 29.8 Å². The Bertz CT molecular complexity index is 1860. The van der Waals surface area contributed by atoms with Gasteiger partial charge in [0.05, 0.1) is 41.3 Å². The van der Waals surface area contributed by atoms with Crippen LogP contribution >= 0.6 is 15.9 Å². The molecule has 0 spiro atoms. The first-order valence-corrected chi connectivity index (χ1v) is 15.9. The summed E-state index contributed by atoms with van der Waals surface area (Å²) in [6.07, 6.45) is 4.52. The van der Waals surface area contributed by atoms with Gasteiger partial charge in [0.15, 0.2) is 5.79 Å². The zero-order valence-electron chi connectivity index (χ0n) is 25.5. The standard InChI is InChI=1S/C34H36BrFN6O3/c1-33(2)44-28-27(42-13-11-24-30(37)39-19-40-32(24)42)16-34(18-36,29(28)45-33)12-10-20-4-7-22-15-25(35)31(41-26(22)14-20)38-17-21-5-8-23(43-3)9-6-21/h4-9,11,13-15,19,27-29H,10,12,16-18H2,1-3H3,(H,38,41)(H2,37,39,40)/t27-,28+,29+,34?/m1/s1. The first-order valence-electron chi connectivity index (χ1n) is 15.1. The van der Waals surface area contributed by atoms with E-state index >= 15 is 4.39 Å². The predicted molar refractivity (Wildman–Crippen MR) is 176 cm³/mol. The van der Waals surface area contributed by atoms with Crippen LogP contribution in [0.1, 0.15) is 43.9 Å². The van der Waals surface area contributed by atoms with Crippen molar-refractivity contribution in [2.75, 3.05) is 24.8 Å². The smallest absolute Gasteiger partial charge is 0.163 e. The molecule has 1 aliphatic carbocycles. The first-order chi connectivity index (χ1) is 21.7. The van der Waals surface area contributed by atoms with E-state index in [1.165, 1.54) is 6.33 Å². The molecule has 2 fully saturated rings. The highest BCUT2D eigenvalue weighted by Gasteiger charge is 2.61. The summed E-state index contributed by atoms with van der Waals surface area (Å²) in [5, 5.41) is 5.24. The molecule has 4 heterocycles. The van der Waals surface area contributed by atoms with Gasteiger partial charge in [0.2, 0.25) is 0 Å². The van der Waals surface area contributed by atoms with Gasteiger partial charge in [-0.15, -0.1) is 0 Å². The molecule has 3 aromatic heterocycles. The Morgan fingerprint density at radius 1 is 1.09 bits per heavy atom. The molecular formula is C34H36BrFN6O3. The van der Waals surface area contributed by atoms with Gasteiger partial charge in [-0.3, -0.25) is 4.39 Å². The number of anilines is 2. The van der Waals surface area contributed by atoms with Crippen molar-refractivity contribution in [1.29, 1.82) is 0 Å². The van der Waals surface area contributed by atoms with E-state index in [9.17, 15) is 0 Å². The zero-order valence-corrected chi connectivity index (χ0v) is 27.1. The summed E-state index contributed by atoms with van der Waals surface area (Å²) >= 11 is 3.67. The van der Waals surface area contributed by atoms with E-state index in [1.807, 2.05) is 50.4 Å². The minimum Gasteiger partial charge on any atom is -0.497 e. The summed E-state index contributed by atoms with van der Waals surface area (Å²) in [7, 11) is 1.66. The monoisotopic (exact) mass is 674 g/mol. The number of methoxy groups -OCH3 is 1. The Hall–Kier alpha value is -3.80. The molecule has 11 heteroatoms. The molecule has 5 aromatic rings. The first kappa shape index (κ1) is 29.9. The van der Waals surface area contributed by atoms with Crippen molar-refractivity contribution in [3.05, 3.63) is 82.7 Å². The van der Waals surface area contributed by atoms with E-state index in [-0.39, 0.29) is 12.1 Å². The van der Waals surface area contributed by atoms with Crippen LogP contribution in [0.25, 0.3) is 21.9 Å². The lowest BCUT2D eigenvalue weighted by Gasteiger charge is -2.33. The summed E-state index contributed by atoms with van der Waals surface area (Å²) in [5.41, 5.74) is 9.20. The van der Waals surface area contributed by atoms with Crippen LogP contribution in [0.3, 0.4) is 0 Å². The van der Waals surface area contributed by atoms with Gasteiger partial charge in [-0.05, 0) is 90.5 Å². The summed E-state index contributed by atoms with van der Waals surface area (Å²) in [4.78, 5) is 13.6. The van der Waals surface area contributed by atoms with Gasteiger partial charge >= 0.3 is 0 Å². The van der Waals surface area contributed by atoms with Crippen LogP contribution in [0, 0.1) is 5.41 Å². The van der Waals surface area contributed by atoms with E-state index in [2.05, 4.69) is 60.0 Å². The number of ether oxygens (including phenoxy) is 3. The summed E-state index contributed by atoms with van der Waals surface area (Å²) < 4.78 is 36.4. The lowest BCUT2D eigenvalue weighted by Crippen LogP contribution is -2.38. The highest BCUT2D eigenvalue weighted by atomic mass is 79.9. The van der Waals surface area contributed by atoms with Crippen LogP contribution in [0.2, 0.25) is 0 Å². The van der Waals surface area contributed by atoms with Crippen molar-refractivity contribution >= 4 is 49.5 Å². The largest absolute Gasteiger partial charge is 0.497 e. The lowest BCUT2D eigenvalue weighted by atomic mass is 9.79. The number of aromatic nitrogens is 4. The molecule has 3 N–H and O–H groups in total. The summed E-state index contributed by atoms with van der Waals surface area (Å²) in [6, 6.07) is 18.1. The quantitative estimate of drug-likeness (QED) is 0.172. The van der Waals surface area contributed by atoms with E-state index in [4.69, 9.17) is 24.9 Å². The van der Waals surface area contributed by atoms with E-state index in [0.29, 0.717) is 31.6 Å². The number of fused-ring (bicyclic) bond motifs is 3. The SMILES string of the molecule is COc1ccc(CNc2nc3cc(CCC4(CF)C[C@@H](n5ccc6c(N)ncnc65)[C@@H]5OC(C)(C)O[C@@H]54)ccc3cc2Br)cc1. The third-order valence-corrected chi connectivity index (χ3v) is 9.86. The highest BCUT2D eigenvalue weighted by molar-refractivity contribution is 9.10. The predicted octanol–water partition coefficient (Wildman–Crippen LogP) is 7.00. The normalized spacial score (nSPS) is 23.9. The number of hydrogen-bond donors (Lipinski definition) is 2. The molecule has 4 atom stereocenters. The second-order valence-corrected chi connectivity index (χ2v) is 13.4. The Balaban J connectivity index is 1.13. The van der Waals surface area contributed by atoms with E-state index in [1.54, 1.807) is 7.11 Å². The van der Waals surface area contributed by atoms with Crippen molar-refractivity contribution in [2.24, 2.45) is 5.41 Å². The second kappa shape index (κ2) is 11.5. The van der Waals surface area contributed by atoms with Crippen LogP contribution in [-0.2, 0) is 22.4 Å². The molecule has 1 aliphatic heterocycles. The average Bonchev–Trinajstić information content (AvgIpc) is 3.70. The number of hydrogen-bond acceptors (Lipinski definition) is 8. The number of benzene rings is 2. The molecule has 0 amide bonds. The average molecular weight is 676 g/mol. The molecule has 1 saturated carbocycles. The molecule has 9 nitrogen and oxygen atoms in total. The summed E-state index contributed by atoms with van der Waals surface area (Å²) in [5.74, 6) is 1.19. The van der Waals surface area contributed by atoms with Crippen LogP contribution in [-0.4, -0.2) is 51.3 Å². The fourth-order valence-electron chi connectivity index (χ4n) is 6.94. The molecule has 2 aliphatic rings. The van der Waals surface area contributed by atoms with Crippen molar-refractivity contribution in [3.8, 4) is 5.75 Å². The maximum absolute atomic E-state index is 15.3. The molecule has 0 radical (unpaired) electrons. The topological polar surface area (TPSA) is 109 Å². The maximum atomic E-state index is 15.3. The molecular weight excluding hydrogens is 639 g/mol. The number of nitrogen functional groups attached to an aromatic ring is 1. The minimum absolute atomic E-state index is 0.158. The van der Waals surface area contributed by atoms with E-state index in [0.717, 1.165) is 49.1 Å². The van der Waals surface area contributed by atoms with E-state index < -0.39 is 24.0 Å². The summed E-state index contributed by atoms with van der Waals surface area (Å²) in [6.45, 7) is 3.90. The van der Waals surface area contributed by atoms with Gasteiger partial charge in [-0.2, -0.15) is 0 Å². The Kier molecular flexibility index (Phi) is 7.66. The third-order valence-electron chi connectivity index (χ3n) is 9.26. The van der Waals surface area contributed by atoms with Crippen molar-refractivity contribution in [3.63, 3.8) is 0 Å². The number of pyridine rings is 1. The molecule has 45 heavy (non-hydrogen) atoms. The Morgan fingerprint density at radius 3 is 2.67 bits per heavy atom. The third kappa shape index (κ3) is 5.51. The number of nitrogens with one attached hydrogen (secondary N) is 1. The van der Waals surface area contributed by atoms with Gasteiger partial charge in [0.1, 0.15) is 35.5 Å². The maximum Gasteiger partial charge on any atom is 0.163 e. The fourth-order valence-corrected chi connectivity index (χ4v) is 7.41. The van der Waals surface area contributed by atoms with Gasteiger partial charge in [-0.25, -0.2) is 15.0 Å². The molecule has 1 saturated heterocycles. The zero-order chi connectivity index (χ0) is 31.3. The minimum atomic E-state index is -0.819. The van der Waals surface area contributed by atoms with Crippen LogP contribution in [0.4, 0.5) is 16.0 Å². The van der Waals surface area contributed by atoms with Crippen molar-refractivity contribution < 1.29 is 18.6 Å². The fraction of sp³-hybridized carbons (Fsp3) is 0.382. The number of alkyl halides is 1. The number of aryl methyl sites for hydroxylation is 1. The number of nitrogens with zero attached hydrogens (tertiary/aromatic N) is 4. The molecule has 7 rings (SSSR count). The van der Waals surface area contributed by atoms with Gasteiger partial charge in [-0.1, -0.05) is 24.3 Å². The second-order valence-electron chi connectivity index (χ2n) is 12.6. The molecule has 1 unspecified atom stereocenters. The van der Waals surface area contributed by atoms with Crippen LogP contribution < -0.4 is 15.8 Å². The van der Waals surface area contributed by atoms with Gasteiger partial charge in [0.25, 0.3) is 0 Å². The van der Waals surface area contributed by atoms with Crippen molar-refractivity contribution in [2.45, 2.75) is 63.7 Å². The number of halogens is 2. The Labute approximate surface area is 269 Å². The van der Waals surface area contributed by atoms with Crippen LogP contribution in [0.5, 0.6) is 5.75 Å². The molecule has 0 bridgehead atoms. The molecule has 234 valence electrons. The number of rotatable bonds is 9. The van der Waals surface area contributed by atoms with Crippen LogP contribution in [0.15, 0.2) is 71.6 Å². The highest BCUT2D eigenvalue weighted by Crippen LogP contribution is 2.56.